The highest BCUT2D eigenvalue weighted by atomic mass is 19.4. The van der Waals surface area contributed by atoms with E-state index in [0.717, 1.165) is 0 Å². The molecule has 0 fully saturated rings. The van der Waals surface area contributed by atoms with Crippen molar-refractivity contribution in [2.45, 2.75) is 30.0 Å². The molecular weight excluding hydrogens is 305 g/mol. The molecule has 114 valence electrons. The summed E-state index contributed by atoms with van der Waals surface area (Å²) in [5.41, 5.74) is 0. The molecule has 13 heteroatoms. The minimum Gasteiger partial charge on any atom is -0.380 e. The molecule has 0 bridgehead atoms. The predicted octanol–water partition coefficient (Wildman–Crippen LogP) is 2.09. The number of nitro groups is 1. The summed E-state index contributed by atoms with van der Waals surface area (Å²) in [6.07, 6.45) is -11.1. The lowest BCUT2D eigenvalue weighted by atomic mass is 9.99. The van der Waals surface area contributed by atoms with E-state index in [2.05, 4.69) is 0 Å². The van der Waals surface area contributed by atoms with E-state index in [-0.39, 0.29) is 0 Å². The Morgan fingerprint density at radius 1 is 0.947 bits per heavy atom. The van der Waals surface area contributed by atoms with Crippen LogP contribution in [0.4, 0.5) is 39.5 Å². The van der Waals surface area contributed by atoms with Crippen LogP contribution in [0.15, 0.2) is 0 Å². The van der Waals surface area contributed by atoms with Gasteiger partial charge in [-0.3, -0.25) is 10.1 Å². The van der Waals surface area contributed by atoms with Gasteiger partial charge in [0.1, 0.15) is 0 Å². The van der Waals surface area contributed by atoms with Gasteiger partial charge in [0.25, 0.3) is 0 Å². The van der Waals surface area contributed by atoms with Gasteiger partial charge in [-0.1, -0.05) is 0 Å². The third kappa shape index (κ3) is 2.84. The maximum absolute atomic E-state index is 12.7. The quantitative estimate of drug-likeness (QED) is 0.480. The molecule has 0 aliphatic heterocycles. The summed E-state index contributed by atoms with van der Waals surface area (Å²) in [7, 11) is 0. The second-order valence-electron chi connectivity index (χ2n) is 3.30. The van der Waals surface area contributed by atoms with Crippen molar-refractivity contribution >= 4 is 0 Å². The van der Waals surface area contributed by atoms with Gasteiger partial charge in [-0.25, -0.2) is 0 Å². The molecule has 0 rings (SSSR count). The number of aliphatic hydroxyl groups excluding tert-OH is 1. The Labute approximate surface area is 97.5 Å². The van der Waals surface area contributed by atoms with Crippen molar-refractivity contribution in [3.05, 3.63) is 10.1 Å². The van der Waals surface area contributed by atoms with Crippen molar-refractivity contribution in [1.29, 1.82) is 0 Å². The van der Waals surface area contributed by atoms with E-state index < -0.39 is 41.5 Å². The fourth-order valence-electron chi connectivity index (χ4n) is 0.852. The van der Waals surface area contributed by atoms with E-state index in [1.54, 1.807) is 0 Å². The molecule has 1 atom stereocenters. The van der Waals surface area contributed by atoms with Crippen molar-refractivity contribution in [3.8, 4) is 0 Å². The highest BCUT2D eigenvalue weighted by Gasteiger charge is 2.83. The SMILES string of the molecule is O=[N+]([O-])CC(O)C(F)(F)C(F)(F)C(F)(F)C(F)(F)F. The van der Waals surface area contributed by atoms with Gasteiger partial charge in [0.2, 0.25) is 6.54 Å². The van der Waals surface area contributed by atoms with Crippen LogP contribution in [0.3, 0.4) is 0 Å². The van der Waals surface area contributed by atoms with Crippen LogP contribution in [-0.4, -0.2) is 46.6 Å². The lowest BCUT2D eigenvalue weighted by molar-refractivity contribution is -0.505. The highest BCUT2D eigenvalue weighted by molar-refractivity contribution is 5.03. The van der Waals surface area contributed by atoms with Crippen LogP contribution < -0.4 is 0 Å². The normalized spacial score (nSPS) is 16.3. The van der Waals surface area contributed by atoms with Crippen LogP contribution in [0.2, 0.25) is 0 Å². The Morgan fingerprint density at radius 2 is 1.32 bits per heavy atom. The summed E-state index contributed by atoms with van der Waals surface area (Å²) in [5, 5.41) is 18.0. The molecule has 1 N–H and O–H groups in total. The summed E-state index contributed by atoms with van der Waals surface area (Å²) >= 11 is 0. The zero-order valence-corrected chi connectivity index (χ0v) is 8.40. The predicted molar refractivity (Wildman–Crippen MR) is 38.8 cm³/mol. The van der Waals surface area contributed by atoms with Gasteiger partial charge in [0, 0.05) is 4.92 Å². The van der Waals surface area contributed by atoms with Crippen LogP contribution in [0, 0.1) is 10.1 Å². The van der Waals surface area contributed by atoms with Gasteiger partial charge in [0.15, 0.2) is 6.10 Å². The largest absolute Gasteiger partial charge is 0.460 e. The molecular formula is C6H4F9NO3. The van der Waals surface area contributed by atoms with Crippen LogP contribution in [-0.2, 0) is 0 Å². The number of halogens is 9. The molecule has 1 unspecified atom stereocenters. The van der Waals surface area contributed by atoms with Gasteiger partial charge in [-0.2, -0.15) is 39.5 Å². The molecule has 0 aliphatic rings. The molecule has 0 saturated carbocycles. The molecule has 0 aromatic rings. The van der Waals surface area contributed by atoms with Crippen molar-refractivity contribution in [1.82, 2.24) is 0 Å². The Balaban J connectivity index is 5.56. The number of rotatable bonds is 5. The lowest BCUT2D eigenvalue weighted by Crippen LogP contribution is -2.65. The van der Waals surface area contributed by atoms with Gasteiger partial charge in [0.05, 0.1) is 0 Å². The highest BCUT2D eigenvalue weighted by Crippen LogP contribution is 2.53. The van der Waals surface area contributed by atoms with Crippen LogP contribution in [0.5, 0.6) is 0 Å². The maximum Gasteiger partial charge on any atom is 0.460 e. The molecule has 0 saturated heterocycles. The van der Waals surface area contributed by atoms with E-state index >= 15 is 0 Å². The molecule has 0 aliphatic carbocycles. The van der Waals surface area contributed by atoms with E-state index in [9.17, 15) is 49.6 Å². The number of nitrogens with zero attached hydrogens (tertiary/aromatic N) is 1. The average molecular weight is 309 g/mol. The average Bonchev–Trinajstić information content (AvgIpc) is 2.13. The monoisotopic (exact) mass is 309 g/mol. The first kappa shape index (κ1) is 17.7. The van der Waals surface area contributed by atoms with E-state index in [0.29, 0.717) is 0 Å². The van der Waals surface area contributed by atoms with Gasteiger partial charge in [-0.05, 0) is 0 Å². The summed E-state index contributed by atoms with van der Waals surface area (Å²) in [4.78, 5) is 7.91. The maximum atomic E-state index is 12.7. The summed E-state index contributed by atoms with van der Waals surface area (Å²) in [6.45, 7) is -2.34. The zero-order valence-electron chi connectivity index (χ0n) is 8.40. The first-order valence-electron chi connectivity index (χ1n) is 4.09. The molecule has 0 heterocycles. The van der Waals surface area contributed by atoms with Crippen LogP contribution in [0.25, 0.3) is 0 Å². The fourth-order valence-corrected chi connectivity index (χ4v) is 0.852. The molecule has 4 nitrogen and oxygen atoms in total. The van der Waals surface area contributed by atoms with E-state index in [1.807, 2.05) is 0 Å². The second-order valence-corrected chi connectivity index (χ2v) is 3.30. The third-order valence-corrected chi connectivity index (χ3v) is 1.91. The summed E-state index contributed by atoms with van der Waals surface area (Å²) in [6, 6.07) is 0. The number of hydrogen-bond donors (Lipinski definition) is 1. The third-order valence-electron chi connectivity index (χ3n) is 1.91. The zero-order chi connectivity index (χ0) is 15.9. The van der Waals surface area contributed by atoms with Crippen molar-refractivity contribution in [2.24, 2.45) is 0 Å². The molecule has 0 radical (unpaired) electrons. The van der Waals surface area contributed by atoms with Crippen molar-refractivity contribution in [3.63, 3.8) is 0 Å². The Morgan fingerprint density at radius 3 is 1.58 bits per heavy atom. The van der Waals surface area contributed by atoms with Crippen LogP contribution >= 0.6 is 0 Å². The van der Waals surface area contributed by atoms with Crippen LogP contribution in [0.1, 0.15) is 0 Å². The van der Waals surface area contributed by atoms with Gasteiger partial charge >= 0.3 is 23.9 Å². The van der Waals surface area contributed by atoms with E-state index in [1.165, 1.54) is 0 Å². The summed E-state index contributed by atoms with van der Waals surface area (Å²) in [5.74, 6) is -20.6. The first-order chi connectivity index (χ1) is 8.09. The van der Waals surface area contributed by atoms with Gasteiger partial charge in [-0.15, -0.1) is 0 Å². The van der Waals surface area contributed by atoms with Gasteiger partial charge < -0.3 is 5.11 Å². The lowest BCUT2D eigenvalue weighted by Gasteiger charge is -2.34. The topological polar surface area (TPSA) is 63.4 Å². The Hall–Kier alpha value is -1.27. The molecule has 0 spiro atoms. The molecule has 0 aromatic heterocycles. The van der Waals surface area contributed by atoms with Crippen molar-refractivity contribution < 1.29 is 49.5 Å². The van der Waals surface area contributed by atoms with Crippen molar-refractivity contribution in [2.75, 3.05) is 6.54 Å². The fraction of sp³-hybridized carbons (Fsp3) is 1.00. The standard InChI is InChI=1S/C6H4F9NO3/c7-3(8,2(17)1-16(18)19)4(9,10)5(11,12)6(13,14)15/h2,17H,1H2. The molecule has 0 amide bonds. The second kappa shape index (κ2) is 4.68. The Kier molecular flexibility index (Phi) is 4.37. The number of aliphatic hydroxyl groups is 1. The molecule has 19 heavy (non-hydrogen) atoms. The smallest absolute Gasteiger partial charge is 0.380 e. The minimum absolute atomic E-state index is 1.78. The number of alkyl halides is 9. The van der Waals surface area contributed by atoms with E-state index in [4.69, 9.17) is 5.11 Å². The molecule has 0 aromatic carbocycles. The number of hydrogen-bond acceptors (Lipinski definition) is 3. The Bertz CT molecular complexity index is 352. The first-order valence-corrected chi connectivity index (χ1v) is 4.09. The minimum atomic E-state index is -7.18. The summed E-state index contributed by atoms with van der Waals surface area (Å²) < 4.78 is 110.